The molecular weight excluding hydrogens is 160 g/mol. The van der Waals surface area contributed by atoms with E-state index < -0.39 is 0 Å². The van der Waals surface area contributed by atoms with Crippen molar-refractivity contribution in [3.8, 4) is 0 Å². The second-order valence-corrected chi connectivity index (χ2v) is 6.17. The van der Waals surface area contributed by atoms with Gasteiger partial charge in [-0.15, -0.1) is 0 Å². The summed E-state index contributed by atoms with van der Waals surface area (Å²) in [6.07, 6.45) is 0. The monoisotopic (exact) mass is 184 g/mol. The van der Waals surface area contributed by atoms with E-state index in [0.717, 1.165) is 6.67 Å². The highest BCUT2D eigenvalue weighted by molar-refractivity contribution is 4.92. The SMILES string of the molecule is CC(C)(C)C1CN(C(C)(C)C)CN1. The first kappa shape index (κ1) is 11.0. The molecule has 0 aromatic rings. The van der Waals surface area contributed by atoms with Crippen molar-refractivity contribution in [2.75, 3.05) is 13.2 Å². The third kappa shape index (κ3) is 2.68. The molecule has 1 unspecified atom stereocenters. The topological polar surface area (TPSA) is 15.3 Å². The minimum absolute atomic E-state index is 0.299. The highest BCUT2D eigenvalue weighted by atomic mass is 15.3. The minimum Gasteiger partial charge on any atom is -0.300 e. The highest BCUT2D eigenvalue weighted by Crippen LogP contribution is 2.26. The number of hydrogen-bond acceptors (Lipinski definition) is 2. The van der Waals surface area contributed by atoms with Crippen molar-refractivity contribution in [3.63, 3.8) is 0 Å². The molecule has 1 fully saturated rings. The molecule has 2 heteroatoms. The summed E-state index contributed by atoms with van der Waals surface area (Å²) in [6, 6.07) is 0.631. The van der Waals surface area contributed by atoms with Gasteiger partial charge in [0.15, 0.2) is 0 Å². The largest absolute Gasteiger partial charge is 0.300 e. The molecule has 0 amide bonds. The summed E-state index contributed by atoms with van der Waals surface area (Å²) >= 11 is 0. The van der Waals surface area contributed by atoms with Crippen molar-refractivity contribution in [1.82, 2.24) is 10.2 Å². The third-order valence-electron chi connectivity index (χ3n) is 2.93. The van der Waals surface area contributed by atoms with Gasteiger partial charge in [-0.1, -0.05) is 20.8 Å². The van der Waals surface area contributed by atoms with Crippen LogP contribution in [0.25, 0.3) is 0 Å². The van der Waals surface area contributed by atoms with Crippen LogP contribution in [-0.4, -0.2) is 29.7 Å². The standard InChI is InChI=1S/C11H24N2/c1-10(2,3)9-7-13(8-12-9)11(4,5)6/h9,12H,7-8H2,1-6H3. The lowest BCUT2D eigenvalue weighted by atomic mass is 9.87. The van der Waals surface area contributed by atoms with Gasteiger partial charge in [0.25, 0.3) is 0 Å². The first-order chi connectivity index (χ1) is 5.71. The van der Waals surface area contributed by atoms with Crippen LogP contribution in [0, 0.1) is 5.41 Å². The predicted octanol–water partition coefficient (Wildman–Crippen LogP) is 2.06. The van der Waals surface area contributed by atoms with Crippen LogP contribution >= 0.6 is 0 Å². The quantitative estimate of drug-likeness (QED) is 0.620. The summed E-state index contributed by atoms with van der Waals surface area (Å²) in [6.45, 7) is 15.9. The van der Waals surface area contributed by atoms with Gasteiger partial charge in [0.2, 0.25) is 0 Å². The van der Waals surface area contributed by atoms with Crippen LogP contribution in [0.3, 0.4) is 0 Å². The van der Waals surface area contributed by atoms with Crippen LogP contribution in [0.1, 0.15) is 41.5 Å². The van der Waals surface area contributed by atoms with Gasteiger partial charge < -0.3 is 0 Å². The normalized spacial score (nSPS) is 26.8. The summed E-state index contributed by atoms with van der Waals surface area (Å²) in [7, 11) is 0. The molecule has 0 aromatic heterocycles. The first-order valence-corrected chi connectivity index (χ1v) is 5.20. The van der Waals surface area contributed by atoms with Gasteiger partial charge >= 0.3 is 0 Å². The van der Waals surface area contributed by atoms with Gasteiger partial charge in [0.05, 0.1) is 0 Å². The molecule has 0 aliphatic carbocycles. The van der Waals surface area contributed by atoms with E-state index in [0.29, 0.717) is 17.0 Å². The van der Waals surface area contributed by atoms with Crippen LogP contribution in [0.4, 0.5) is 0 Å². The number of rotatable bonds is 0. The minimum atomic E-state index is 0.299. The van der Waals surface area contributed by atoms with Crippen molar-refractivity contribution >= 4 is 0 Å². The zero-order valence-electron chi connectivity index (χ0n) is 9.94. The summed E-state index contributed by atoms with van der Waals surface area (Å²) in [5.41, 5.74) is 0.674. The Labute approximate surface area is 82.7 Å². The van der Waals surface area contributed by atoms with Crippen LogP contribution in [0.15, 0.2) is 0 Å². The van der Waals surface area contributed by atoms with Crippen molar-refractivity contribution in [3.05, 3.63) is 0 Å². The molecule has 0 saturated carbocycles. The first-order valence-electron chi connectivity index (χ1n) is 5.20. The van der Waals surface area contributed by atoms with Crippen LogP contribution in [-0.2, 0) is 0 Å². The van der Waals surface area contributed by atoms with Gasteiger partial charge in [0, 0.05) is 24.8 Å². The lowest BCUT2D eigenvalue weighted by Gasteiger charge is -2.32. The van der Waals surface area contributed by atoms with Crippen LogP contribution in [0.5, 0.6) is 0 Å². The predicted molar refractivity (Wildman–Crippen MR) is 57.7 cm³/mol. The molecule has 13 heavy (non-hydrogen) atoms. The number of hydrogen-bond donors (Lipinski definition) is 1. The molecular formula is C11H24N2. The maximum absolute atomic E-state index is 3.58. The summed E-state index contributed by atoms with van der Waals surface area (Å²) in [5.74, 6) is 0. The Balaban J connectivity index is 2.55. The molecule has 2 nitrogen and oxygen atoms in total. The lowest BCUT2D eigenvalue weighted by Crippen LogP contribution is -2.41. The maximum Gasteiger partial charge on any atom is 0.0488 e. The summed E-state index contributed by atoms with van der Waals surface area (Å²) in [5, 5.41) is 3.58. The average Bonchev–Trinajstić information content (AvgIpc) is 2.28. The van der Waals surface area contributed by atoms with E-state index in [1.54, 1.807) is 0 Å². The van der Waals surface area contributed by atoms with E-state index in [1.165, 1.54) is 6.54 Å². The number of nitrogens with one attached hydrogen (secondary N) is 1. The zero-order chi connectivity index (χ0) is 10.3. The van der Waals surface area contributed by atoms with Crippen LogP contribution in [0.2, 0.25) is 0 Å². The van der Waals surface area contributed by atoms with Crippen LogP contribution < -0.4 is 5.32 Å². The molecule has 0 aromatic carbocycles. The highest BCUT2D eigenvalue weighted by Gasteiger charge is 2.35. The molecule has 1 N–H and O–H groups in total. The fourth-order valence-corrected chi connectivity index (χ4v) is 1.66. The Bertz CT molecular complexity index is 154. The molecule has 1 aliphatic rings. The van der Waals surface area contributed by atoms with E-state index >= 15 is 0 Å². The Morgan fingerprint density at radius 3 is 1.85 bits per heavy atom. The van der Waals surface area contributed by atoms with Gasteiger partial charge in [0.1, 0.15) is 0 Å². The molecule has 0 spiro atoms. The van der Waals surface area contributed by atoms with Gasteiger partial charge in [-0.3, -0.25) is 10.2 Å². The molecule has 78 valence electrons. The Kier molecular flexibility index (Phi) is 2.75. The average molecular weight is 184 g/mol. The second-order valence-electron chi connectivity index (χ2n) is 6.17. The fourth-order valence-electron chi connectivity index (χ4n) is 1.66. The third-order valence-corrected chi connectivity index (χ3v) is 2.93. The smallest absolute Gasteiger partial charge is 0.0488 e. The summed E-state index contributed by atoms with van der Waals surface area (Å²) in [4.78, 5) is 2.50. The zero-order valence-corrected chi connectivity index (χ0v) is 9.94. The molecule has 1 saturated heterocycles. The van der Waals surface area contributed by atoms with E-state index in [2.05, 4.69) is 51.8 Å². The van der Waals surface area contributed by atoms with Gasteiger partial charge in [-0.2, -0.15) is 0 Å². The van der Waals surface area contributed by atoms with E-state index in [1.807, 2.05) is 0 Å². The van der Waals surface area contributed by atoms with Crippen molar-refractivity contribution in [2.45, 2.75) is 53.1 Å². The molecule has 1 aliphatic heterocycles. The molecule has 1 atom stereocenters. The number of nitrogens with zero attached hydrogens (tertiary/aromatic N) is 1. The molecule has 0 bridgehead atoms. The van der Waals surface area contributed by atoms with Crippen molar-refractivity contribution in [1.29, 1.82) is 0 Å². The maximum atomic E-state index is 3.58. The van der Waals surface area contributed by atoms with E-state index in [4.69, 9.17) is 0 Å². The second kappa shape index (κ2) is 3.25. The van der Waals surface area contributed by atoms with Crippen molar-refractivity contribution < 1.29 is 0 Å². The Morgan fingerprint density at radius 2 is 1.62 bits per heavy atom. The Hall–Kier alpha value is -0.0800. The van der Waals surface area contributed by atoms with Gasteiger partial charge in [-0.05, 0) is 26.2 Å². The van der Waals surface area contributed by atoms with Crippen molar-refractivity contribution in [2.24, 2.45) is 5.41 Å². The van der Waals surface area contributed by atoms with Gasteiger partial charge in [-0.25, -0.2) is 0 Å². The molecule has 1 heterocycles. The van der Waals surface area contributed by atoms with E-state index in [-0.39, 0.29) is 0 Å². The molecule has 1 rings (SSSR count). The lowest BCUT2D eigenvalue weighted by molar-refractivity contribution is 0.162. The fraction of sp³-hybridized carbons (Fsp3) is 1.00. The van der Waals surface area contributed by atoms with E-state index in [9.17, 15) is 0 Å². The molecule has 0 radical (unpaired) electrons. The Morgan fingerprint density at radius 1 is 1.08 bits per heavy atom. The summed E-state index contributed by atoms with van der Waals surface area (Å²) < 4.78 is 0.